The number of carbonyl (C=O) groups is 1. The Kier molecular flexibility index (Phi) is 4.74. The number of likely N-dealkylation sites (N-methyl/N-ethyl adjacent to an activating group) is 1. The SMILES string of the molecule is CNC(C)(CCCN(C)CC1CC1)C(=O)O. The van der Waals surface area contributed by atoms with Crippen molar-refractivity contribution in [2.45, 2.75) is 38.1 Å². The predicted molar refractivity (Wildman–Crippen MR) is 64.6 cm³/mol. The number of nitrogens with one attached hydrogen (secondary N) is 1. The van der Waals surface area contributed by atoms with E-state index >= 15 is 0 Å². The van der Waals surface area contributed by atoms with Crippen LogP contribution in [0.4, 0.5) is 0 Å². The van der Waals surface area contributed by atoms with Gasteiger partial charge in [0.1, 0.15) is 5.54 Å². The molecule has 1 rings (SSSR count). The Morgan fingerprint density at radius 2 is 2.19 bits per heavy atom. The summed E-state index contributed by atoms with van der Waals surface area (Å²) < 4.78 is 0. The normalized spacial score (nSPS) is 19.8. The monoisotopic (exact) mass is 228 g/mol. The van der Waals surface area contributed by atoms with E-state index in [1.54, 1.807) is 14.0 Å². The lowest BCUT2D eigenvalue weighted by Gasteiger charge is -2.25. The van der Waals surface area contributed by atoms with Crippen molar-refractivity contribution in [1.29, 1.82) is 0 Å². The minimum atomic E-state index is -0.777. The van der Waals surface area contributed by atoms with Crippen molar-refractivity contribution in [2.24, 2.45) is 5.92 Å². The second-order valence-electron chi connectivity index (χ2n) is 5.20. The van der Waals surface area contributed by atoms with E-state index in [1.807, 2.05) is 0 Å². The van der Waals surface area contributed by atoms with E-state index in [1.165, 1.54) is 19.4 Å². The van der Waals surface area contributed by atoms with Crippen LogP contribution in [0.3, 0.4) is 0 Å². The third-order valence-corrected chi connectivity index (χ3v) is 3.51. The van der Waals surface area contributed by atoms with Gasteiger partial charge in [-0.3, -0.25) is 4.79 Å². The third-order valence-electron chi connectivity index (χ3n) is 3.51. The molecule has 1 aliphatic rings. The van der Waals surface area contributed by atoms with Crippen molar-refractivity contribution in [3.8, 4) is 0 Å². The van der Waals surface area contributed by atoms with Gasteiger partial charge >= 0.3 is 5.97 Å². The molecule has 0 aliphatic heterocycles. The predicted octanol–water partition coefficient (Wildman–Crippen LogP) is 1.17. The van der Waals surface area contributed by atoms with Crippen LogP contribution < -0.4 is 5.32 Å². The van der Waals surface area contributed by atoms with Gasteiger partial charge in [0.25, 0.3) is 0 Å². The van der Waals surface area contributed by atoms with Crippen LogP contribution in [0.5, 0.6) is 0 Å². The van der Waals surface area contributed by atoms with Gasteiger partial charge in [-0.1, -0.05) is 0 Å². The molecule has 0 aromatic carbocycles. The summed E-state index contributed by atoms with van der Waals surface area (Å²) in [6, 6.07) is 0. The highest BCUT2D eigenvalue weighted by atomic mass is 16.4. The second kappa shape index (κ2) is 5.64. The van der Waals surface area contributed by atoms with Crippen molar-refractivity contribution >= 4 is 5.97 Å². The van der Waals surface area contributed by atoms with Gasteiger partial charge in [-0.05, 0) is 59.2 Å². The Bertz CT molecular complexity index is 241. The summed E-state index contributed by atoms with van der Waals surface area (Å²) >= 11 is 0. The van der Waals surface area contributed by atoms with Gasteiger partial charge in [-0.2, -0.15) is 0 Å². The lowest BCUT2D eigenvalue weighted by atomic mass is 9.96. The van der Waals surface area contributed by atoms with E-state index in [9.17, 15) is 4.79 Å². The molecule has 0 heterocycles. The van der Waals surface area contributed by atoms with Gasteiger partial charge < -0.3 is 15.3 Å². The molecule has 0 saturated heterocycles. The van der Waals surface area contributed by atoms with Gasteiger partial charge in [0.2, 0.25) is 0 Å². The second-order valence-corrected chi connectivity index (χ2v) is 5.20. The number of carboxylic acids is 1. The first kappa shape index (κ1) is 13.5. The molecule has 1 atom stereocenters. The van der Waals surface area contributed by atoms with Crippen LogP contribution in [0.25, 0.3) is 0 Å². The molecule has 1 saturated carbocycles. The van der Waals surface area contributed by atoms with E-state index in [-0.39, 0.29) is 0 Å². The van der Waals surface area contributed by atoms with Crippen LogP contribution in [0, 0.1) is 5.92 Å². The quantitative estimate of drug-likeness (QED) is 0.655. The van der Waals surface area contributed by atoms with Crippen LogP contribution >= 0.6 is 0 Å². The molecule has 94 valence electrons. The standard InChI is InChI=1S/C12H24N2O2/c1-12(13-2,11(15)16)7-4-8-14(3)9-10-5-6-10/h10,13H,4-9H2,1-3H3,(H,15,16). The van der Waals surface area contributed by atoms with Gasteiger partial charge in [0, 0.05) is 6.54 Å². The van der Waals surface area contributed by atoms with Gasteiger partial charge in [0.15, 0.2) is 0 Å². The Hall–Kier alpha value is -0.610. The van der Waals surface area contributed by atoms with E-state index < -0.39 is 11.5 Å². The Balaban J connectivity index is 2.19. The maximum atomic E-state index is 11.0. The zero-order valence-electron chi connectivity index (χ0n) is 10.6. The zero-order valence-corrected chi connectivity index (χ0v) is 10.6. The summed E-state index contributed by atoms with van der Waals surface area (Å²) in [7, 11) is 3.83. The van der Waals surface area contributed by atoms with Crippen LogP contribution in [0.2, 0.25) is 0 Å². The molecular weight excluding hydrogens is 204 g/mol. The molecule has 0 aromatic rings. The molecule has 0 amide bonds. The van der Waals surface area contributed by atoms with Crippen molar-refractivity contribution in [2.75, 3.05) is 27.2 Å². The average molecular weight is 228 g/mol. The number of rotatable bonds is 8. The maximum absolute atomic E-state index is 11.0. The van der Waals surface area contributed by atoms with Crippen molar-refractivity contribution < 1.29 is 9.90 Å². The fourth-order valence-corrected chi connectivity index (χ4v) is 1.87. The summed E-state index contributed by atoms with van der Waals surface area (Å²) in [5.41, 5.74) is -0.777. The number of hydrogen-bond donors (Lipinski definition) is 2. The highest BCUT2D eigenvalue weighted by Gasteiger charge is 2.30. The van der Waals surface area contributed by atoms with E-state index in [0.29, 0.717) is 6.42 Å². The lowest BCUT2D eigenvalue weighted by molar-refractivity contribution is -0.144. The first-order valence-corrected chi connectivity index (χ1v) is 6.09. The fourth-order valence-electron chi connectivity index (χ4n) is 1.87. The molecular formula is C12H24N2O2. The molecule has 0 radical (unpaired) electrons. The van der Waals surface area contributed by atoms with Crippen LogP contribution in [-0.2, 0) is 4.79 Å². The summed E-state index contributed by atoms with van der Waals surface area (Å²) in [5, 5.41) is 12.0. The topological polar surface area (TPSA) is 52.6 Å². The Morgan fingerprint density at radius 3 is 2.62 bits per heavy atom. The number of nitrogens with zero attached hydrogens (tertiary/aromatic N) is 1. The molecule has 0 spiro atoms. The van der Waals surface area contributed by atoms with Gasteiger partial charge in [0.05, 0.1) is 0 Å². The fraction of sp³-hybridized carbons (Fsp3) is 0.917. The largest absolute Gasteiger partial charge is 0.480 e. The van der Waals surface area contributed by atoms with Crippen molar-refractivity contribution in [1.82, 2.24) is 10.2 Å². The highest BCUT2D eigenvalue weighted by molar-refractivity contribution is 5.78. The van der Waals surface area contributed by atoms with Crippen LogP contribution in [0.1, 0.15) is 32.6 Å². The van der Waals surface area contributed by atoms with E-state index in [0.717, 1.165) is 18.9 Å². The lowest BCUT2D eigenvalue weighted by Crippen LogP contribution is -2.47. The number of aliphatic carboxylic acids is 1. The first-order chi connectivity index (χ1) is 7.48. The minimum absolute atomic E-state index is 0.674. The minimum Gasteiger partial charge on any atom is -0.480 e. The zero-order chi connectivity index (χ0) is 12.2. The summed E-state index contributed by atoms with van der Waals surface area (Å²) in [6.45, 7) is 3.90. The number of carboxylic acid groups (broad SMARTS) is 1. The van der Waals surface area contributed by atoms with Gasteiger partial charge in [-0.15, -0.1) is 0 Å². The first-order valence-electron chi connectivity index (χ1n) is 6.09. The summed E-state index contributed by atoms with van der Waals surface area (Å²) in [4.78, 5) is 13.4. The smallest absolute Gasteiger partial charge is 0.323 e. The molecule has 2 N–H and O–H groups in total. The van der Waals surface area contributed by atoms with Crippen LogP contribution in [0.15, 0.2) is 0 Å². The van der Waals surface area contributed by atoms with Crippen LogP contribution in [-0.4, -0.2) is 48.7 Å². The Labute approximate surface area is 98.0 Å². The van der Waals surface area contributed by atoms with E-state index in [4.69, 9.17) is 5.11 Å². The molecule has 1 aliphatic carbocycles. The molecule has 1 fully saturated rings. The Morgan fingerprint density at radius 1 is 1.56 bits per heavy atom. The maximum Gasteiger partial charge on any atom is 0.323 e. The molecule has 4 nitrogen and oxygen atoms in total. The number of hydrogen-bond acceptors (Lipinski definition) is 3. The average Bonchev–Trinajstić information content (AvgIpc) is 3.01. The third kappa shape index (κ3) is 4.10. The highest BCUT2D eigenvalue weighted by Crippen LogP contribution is 2.29. The van der Waals surface area contributed by atoms with Crippen molar-refractivity contribution in [3.63, 3.8) is 0 Å². The van der Waals surface area contributed by atoms with E-state index in [2.05, 4.69) is 17.3 Å². The molecule has 4 heteroatoms. The molecule has 16 heavy (non-hydrogen) atoms. The summed E-state index contributed by atoms with van der Waals surface area (Å²) in [6.07, 6.45) is 4.34. The summed E-state index contributed by atoms with van der Waals surface area (Å²) in [5.74, 6) is 0.139. The molecule has 1 unspecified atom stereocenters. The van der Waals surface area contributed by atoms with Crippen molar-refractivity contribution in [3.05, 3.63) is 0 Å². The van der Waals surface area contributed by atoms with Gasteiger partial charge in [-0.25, -0.2) is 0 Å². The molecule has 0 aromatic heterocycles. The molecule has 0 bridgehead atoms.